The van der Waals surface area contributed by atoms with Crippen LogP contribution in [0.25, 0.3) is 0 Å². The fourth-order valence-electron chi connectivity index (χ4n) is 2.67. The molecule has 2 rings (SSSR count). The molecule has 0 aliphatic carbocycles. The summed E-state index contributed by atoms with van der Waals surface area (Å²) in [7, 11) is -3.45. The second kappa shape index (κ2) is 8.22. The third kappa shape index (κ3) is 5.17. The van der Waals surface area contributed by atoms with E-state index in [-0.39, 0.29) is 16.2 Å². The van der Waals surface area contributed by atoms with Crippen molar-refractivity contribution in [2.75, 3.05) is 13.1 Å². The number of carbonyl (C=O) groups is 1. The fourth-order valence-corrected chi connectivity index (χ4v) is 3.71. The summed E-state index contributed by atoms with van der Waals surface area (Å²) in [5, 5.41) is 6.91. The topological polar surface area (TPSA) is 101 Å². The van der Waals surface area contributed by atoms with Crippen molar-refractivity contribution in [1.29, 1.82) is 0 Å². The minimum Gasteiger partial charge on any atom is -0.361 e. The van der Waals surface area contributed by atoms with E-state index in [0.717, 1.165) is 5.56 Å². The molecule has 0 atom stereocenters. The number of hydrogen-bond acceptors (Lipinski definition) is 5. The van der Waals surface area contributed by atoms with E-state index >= 15 is 0 Å². The number of benzene rings is 1. The molecule has 0 unspecified atom stereocenters. The molecular formula is C19H27N3O4S. The van der Waals surface area contributed by atoms with E-state index in [9.17, 15) is 13.2 Å². The largest absolute Gasteiger partial charge is 0.361 e. The van der Waals surface area contributed by atoms with Gasteiger partial charge in [-0.3, -0.25) is 4.79 Å². The first kappa shape index (κ1) is 21.1. The third-order valence-corrected chi connectivity index (χ3v) is 5.63. The van der Waals surface area contributed by atoms with Crippen LogP contribution in [0.4, 0.5) is 0 Å². The van der Waals surface area contributed by atoms with Crippen LogP contribution in [0.3, 0.4) is 0 Å². The maximum absolute atomic E-state index is 12.5. The second-order valence-corrected chi connectivity index (χ2v) is 9.13. The van der Waals surface area contributed by atoms with Gasteiger partial charge in [0.1, 0.15) is 17.0 Å². The Morgan fingerprint density at radius 2 is 1.81 bits per heavy atom. The van der Waals surface area contributed by atoms with Crippen molar-refractivity contribution in [3.63, 3.8) is 0 Å². The Labute approximate surface area is 160 Å². The highest BCUT2D eigenvalue weighted by Gasteiger charge is 2.28. The zero-order chi connectivity index (χ0) is 20.2. The summed E-state index contributed by atoms with van der Waals surface area (Å²) < 4.78 is 31.5. The van der Waals surface area contributed by atoms with E-state index in [1.54, 1.807) is 38.1 Å². The molecule has 0 spiro atoms. The van der Waals surface area contributed by atoms with E-state index in [4.69, 9.17) is 4.52 Å². The van der Waals surface area contributed by atoms with Crippen LogP contribution in [0.5, 0.6) is 0 Å². The number of nitrogens with zero attached hydrogens (tertiary/aromatic N) is 1. The standard InChI is InChI=1S/C19H27N3O4S/c1-6-21-27(24,25)15-9-7-14(8-10-15)11-12-20-18(23)16-13(2)26-22-17(16)19(3,4)5/h7-10,21H,6,11-12H2,1-5H3,(H,20,23). The molecule has 27 heavy (non-hydrogen) atoms. The van der Waals surface area contributed by atoms with Gasteiger partial charge in [0.15, 0.2) is 0 Å². The van der Waals surface area contributed by atoms with Crippen molar-refractivity contribution in [3.05, 3.63) is 46.8 Å². The first-order chi connectivity index (χ1) is 12.6. The lowest BCUT2D eigenvalue weighted by Gasteiger charge is -2.16. The molecule has 148 valence electrons. The molecule has 2 N–H and O–H groups in total. The zero-order valence-corrected chi connectivity index (χ0v) is 17.2. The van der Waals surface area contributed by atoms with Gasteiger partial charge >= 0.3 is 0 Å². The Balaban J connectivity index is 1.99. The van der Waals surface area contributed by atoms with Crippen LogP contribution in [0.15, 0.2) is 33.7 Å². The summed E-state index contributed by atoms with van der Waals surface area (Å²) in [6, 6.07) is 6.64. The van der Waals surface area contributed by atoms with Gasteiger partial charge in [0.25, 0.3) is 5.91 Å². The molecule has 2 aromatic rings. The van der Waals surface area contributed by atoms with Gasteiger partial charge in [-0.25, -0.2) is 13.1 Å². The summed E-state index contributed by atoms with van der Waals surface area (Å²) in [5.41, 5.74) is 1.76. The number of hydrogen-bond donors (Lipinski definition) is 2. The number of nitrogens with one attached hydrogen (secondary N) is 2. The first-order valence-electron chi connectivity index (χ1n) is 8.90. The van der Waals surface area contributed by atoms with Crippen molar-refractivity contribution in [2.24, 2.45) is 0 Å². The van der Waals surface area contributed by atoms with E-state index in [2.05, 4.69) is 15.2 Å². The van der Waals surface area contributed by atoms with E-state index < -0.39 is 10.0 Å². The van der Waals surface area contributed by atoms with E-state index in [0.29, 0.717) is 36.5 Å². The minimum absolute atomic E-state index is 0.218. The molecule has 0 saturated carbocycles. The normalized spacial score (nSPS) is 12.2. The SMILES string of the molecule is CCNS(=O)(=O)c1ccc(CCNC(=O)c2c(C(C)(C)C)noc2C)cc1. The average Bonchev–Trinajstić information content (AvgIpc) is 2.97. The molecule has 1 amide bonds. The van der Waals surface area contributed by atoms with Crippen molar-refractivity contribution < 1.29 is 17.7 Å². The van der Waals surface area contributed by atoms with Gasteiger partial charge in [0.2, 0.25) is 10.0 Å². The Kier molecular flexibility index (Phi) is 6.43. The van der Waals surface area contributed by atoms with Crippen LogP contribution in [-0.2, 0) is 21.9 Å². The fraction of sp³-hybridized carbons (Fsp3) is 0.474. The maximum Gasteiger partial charge on any atom is 0.256 e. The lowest BCUT2D eigenvalue weighted by molar-refractivity contribution is 0.0950. The monoisotopic (exact) mass is 393 g/mol. The Hall–Kier alpha value is -2.19. The van der Waals surface area contributed by atoms with Crippen molar-refractivity contribution in [3.8, 4) is 0 Å². The van der Waals surface area contributed by atoms with Gasteiger partial charge in [-0.1, -0.05) is 45.0 Å². The third-order valence-electron chi connectivity index (χ3n) is 4.07. The lowest BCUT2D eigenvalue weighted by Crippen LogP contribution is -2.29. The Morgan fingerprint density at radius 1 is 1.19 bits per heavy atom. The smallest absolute Gasteiger partial charge is 0.256 e. The number of aromatic nitrogens is 1. The number of aryl methyl sites for hydroxylation is 1. The summed E-state index contributed by atoms with van der Waals surface area (Å²) in [4.78, 5) is 12.8. The molecule has 8 heteroatoms. The minimum atomic E-state index is -3.45. The highest BCUT2D eigenvalue weighted by atomic mass is 32.2. The Morgan fingerprint density at radius 3 is 2.37 bits per heavy atom. The lowest BCUT2D eigenvalue weighted by atomic mass is 9.88. The molecule has 0 bridgehead atoms. The van der Waals surface area contributed by atoms with Crippen LogP contribution in [0, 0.1) is 6.92 Å². The summed E-state index contributed by atoms with van der Waals surface area (Å²) in [6.07, 6.45) is 0.586. The summed E-state index contributed by atoms with van der Waals surface area (Å²) in [6.45, 7) is 10.1. The van der Waals surface area contributed by atoms with E-state index in [1.165, 1.54) is 0 Å². The molecule has 1 aromatic heterocycles. The van der Waals surface area contributed by atoms with Crippen molar-refractivity contribution >= 4 is 15.9 Å². The van der Waals surface area contributed by atoms with Gasteiger partial charge < -0.3 is 9.84 Å². The molecule has 7 nitrogen and oxygen atoms in total. The van der Waals surface area contributed by atoms with Crippen molar-refractivity contribution in [1.82, 2.24) is 15.2 Å². The van der Waals surface area contributed by atoms with E-state index in [1.807, 2.05) is 20.8 Å². The van der Waals surface area contributed by atoms with Gasteiger partial charge in [-0.05, 0) is 31.0 Å². The Bertz CT molecular complexity index is 894. The van der Waals surface area contributed by atoms with Crippen LogP contribution < -0.4 is 10.0 Å². The predicted octanol–water partition coefficient (Wildman–Crippen LogP) is 2.55. The molecule has 0 aliphatic heterocycles. The molecule has 0 radical (unpaired) electrons. The molecular weight excluding hydrogens is 366 g/mol. The summed E-state index contributed by atoms with van der Waals surface area (Å²) in [5.74, 6) is 0.278. The number of amides is 1. The predicted molar refractivity (Wildman–Crippen MR) is 103 cm³/mol. The molecule has 0 fully saturated rings. The highest BCUT2D eigenvalue weighted by molar-refractivity contribution is 7.89. The van der Waals surface area contributed by atoms with Crippen LogP contribution >= 0.6 is 0 Å². The molecule has 0 saturated heterocycles. The zero-order valence-electron chi connectivity index (χ0n) is 16.4. The second-order valence-electron chi connectivity index (χ2n) is 7.36. The van der Waals surface area contributed by atoms with Gasteiger partial charge in [0.05, 0.1) is 4.90 Å². The number of rotatable bonds is 7. The average molecular weight is 394 g/mol. The number of carbonyl (C=O) groups excluding carboxylic acids is 1. The van der Waals surface area contributed by atoms with Gasteiger partial charge in [-0.2, -0.15) is 0 Å². The number of sulfonamides is 1. The highest BCUT2D eigenvalue weighted by Crippen LogP contribution is 2.26. The quantitative estimate of drug-likeness (QED) is 0.753. The van der Waals surface area contributed by atoms with Crippen LogP contribution in [0.1, 0.15) is 55.1 Å². The maximum atomic E-state index is 12.5. The molecule has 0 aliphatic rings. The van der Waals surface area contributed by atoms with Crippen LogP contribution in [0.2, 0.25) is 0 Å². The van der Waals surface area contributed by atoms with Crippen molar-refractivity contribution in [2.45, 2.75) is 51.3 Å². The van der Waals surface area contributed by atoms with Gasteiger partial charge in [0, 0.05) is 18.5 Å². The molecule has 1 aromatic carbocycles. The summed E-state index contributed by atoms with van der Waals surface area (Å²) >= 11 is 0. The van der Waals surface area contributed by atoms with Crippen LogP contribution in [-0.4, -0.2) is 32.6 Å². The van der Waals surface area contributed by atoms with Gasteiger partial charge in [-0.15, -0.1) is 0 Å². The first-order valence-corrected chi connectivity index (χ1v) is 10.4. The molecule has 1 heterocycles.